The van der Waals surface area contributed by atoms with Gasteiger partial charge in [-0.3, -0.25) is 0 Å². The Bertz CT molecular complexity index is 224. The summed E-state index contributed by atoms with van der Waals surface area (Å²) in [5.41, 5.74) is -0.222. The summed E-state index contributed by atoms with van der Waals surface area (Å²) in [4.78, 5) is 13.4. The molecule has 0 radical (unpaired) electrons. The molecule has 1 amide bonds. The number of carbonyl (C=O) groups is 1. The fourth-order valence-corrected chi connectivity index (χ4v) is 2.37. The molecule has 0 saturated carbocycles. The number of amides is 1. The lowest BCUT2D eigenvalue weighted by atomic mass is 10.1. The van der Waals surface area contributed by atoms with Gasteiger partial charge in [0.1, 0.15) is 5.60 Å². The maximum atomic E-state index is 11.6. The lowest BCUT2D eigenvalue weighted by Crippen LogP contribution is -2.50. The van der Waals surface area contributed by atoms with Gasteiger partial charge in [0.2, 0.25) is 0 Å². The molecule has 0 unspecified atom stereocenters. The van der Waals surface area contributed by atoms with E-state index in [-0.39, 0.29) is 11.7 Å². The molecule has 2 saturated heterocycles. The largest absolute Gasteiger partial charge is 0.441 e. The van der Waals surface area contributed by atoms with Gasteiger partial charge in [0, 0.05) is 24.6 Å². The molecule has 2 aliphatic rings. The van der Waals surface area contributed by atoms with E-state index in [1.54, 1.807) is 4.90 Å². The summed E-state index contributed by atoms with van der Waals surface area (Å²) in [5, 5.41) is 0. The molecule has 0 bridgehead atoms. The third-order valence-corrected chi connectivity index (χ3v) is 4.05. The van der Waals surface area contributed by atoms with Crippen molar-refractivity contribution in [1.82, 2.24) is 4.90 Å². The summed E-state index contributed by atoms with van der Waals surface area (Å²) in [6, 6.07) is 0. The van der Waals surface area contributed by atoms with E-state index < -0.39 is 0 Å². The normalized spacial score (nSPS) is 25.4. The molecule has 0 aromatic carbocycles. The minimum absolute atomic E-state index is 0.184. The lowest BCUT2D eigenvalue weighted by molar-refractivity contribution is -0.00721. The Labute approximate surface area is 87.9 Å². The van der Waals surface area contributed by atoms with Gasteiger partial charge in [0.05, 0.1) is 13.2 Å². The van der Waals surface area contributed by atoms with Crippen LogP contribution in [0.15, 0.2) is 0 Å². The van der Waals surface area contributed by atoms with Crippen LogP contribution in [-0.2, 0) is 9.47 Å². The summed E-state index contributed by atoms with van der Waals surface area (Å²) >= 11 is 1.81. The summed E-state index contributed by atoms with van der Waals surface area (Å²) in [5.74, 6) is 1.84. The second-order valence-electron chi connectivity index (χ2n) is 3.91. The molecule has 0 aromatic rings. The van der Waals surface area contributed by atoms with Crippen LogP contribution in [0.5, 0.6) is 0 Å². The van der Waals surface area contributed by atoms with E-state index in [0.717, 1.165) is 11.5 Å². The third kappa shape index (κ3) is 2.15. The van der Waals surface area contributed by atoms with Gasteiger partial charge in [0.25, 0.3) is 0 Å². The van der Waals surface area contributed by atoms with Gasteiger partial charge in [-0.1, -0.05) is 0 Å². The Balaban J connectivity index is 1.81. The number of carbonyl (C=O) groups excluding carboxylic acids is 1. The van der Waals surface area contributed by atoms with E-state index in [9.17, 15) is 4.79 Å². The molecule has 0 aliphatic carbocycles. The standard InChI is InChI=1S/C9H15NO3S/c1-9(6-14-7-9)13-8(11)10-2-4-12-5-3-10/h2-7H2,1H3. The van der Waals surface area contributed by atoms with Crippen LogP contribution < -0.4 is 0 Å². The smallest absolute Gasteiger partial charge is 0.410 e. The Kier molecular flexibility index (Phi) is 2.88. The average molecular weight is 217 g/mol. The third-order valence-electron chi connectivity index (χ3n) is 2.42. The zero-order valence-corrected chi connectivity index (χ0v) is 9.14. The van der Waals surface area contributed by atoms with Gasteiger partial charge in [0.15, 0.2) is 0 Å². The minimum atomic E-state index is -0.222. The number of thioether (sulfide) groups is 1. The Morgan fingerprint density at radius 1 is 1.43 bits per heavy atom. The van der Waals surface area contributed by atoms with E-state index in [1.807, 2.05) is 18.7 Å². The molecular weight excluding hydrogens is 202 g/mol. The maximum absolute atomic E-state index is 11.6. The topological polar surface area (TPSA) is 38.8 Å². The van der Waals surface area contributed by atoms with Crippen molar-refractivity contribution in [2.75, 3.05) is 37.8 Å². The van der Waals surface area contributed by atoms with Gasteiger partial charge in [-0.15, -0.1) is 0 Å². The zero-order chi connectivity index (χ0) is 10.0. The molecule has 2 aliphatic heterocycles. The highest BCUT2D eigenvalue weighted by Gasteiger charge is 2.38. The number of hydrogen-bond donors (Lipinski definition) is 0. The fourth-order valence-electron chi connectivity index (χ4n) is 1.47. The monoisotopic (exact) mass is 217 g/mol. The average Bonchev–Trinajstić information content (AvgIpc) is 2.17. The molecule has 2 rings (SSSR count). The lowest BCUT2D eigenvalue weighted by Gasteiger charge is -2.39. The number of morpholine rings is 1. The maximum Gasteiger partial charge on any atom is 0.410 e. The number of nitrogens with zero attached hydrogens (tertiary/aromatic N) is 1. The Hall–Kier alpha value is -0.420. The predicted molar refractivity (Wildman–Crippen MR) is 54.6 cm³/mol. The van der Waals surface area contributed by atoms with Crippen LogP contribution in [0.25, 0.3) is 0 Å². The van der Waals surface area contributed by atoms with Crippen molar-refractivity contribution in [2.24, 2.45) is 0 Å². The first-order valence-electron chi connectivity index (χ1n) is 4.83. The minimum Gasteiger partial charge on any atom is -0.441 e. The molecular formula is C9H15NO3S. The molecule has 14 heavy (non-hydrogen) atoms. The summed E-state index contributed by atoms with van der Waals surface area (Å²) in [6.07, 6.45) is -0.184. The van der Waals surface area contributed by atoms with Crippen molar-refractivity contribution in [2.45, 2.75) is 12.5 Å². The van der Waals surface area contributed by atoms with Gasteiger partial charge in [-0.05, 0) is 6.92 Å². The van der Waals surface area contributed by atoms with Crippen LogP contribution in [-0.4, -0.2) is 54.4 Å². The van der Waals surface area contributed by atoms with Crippen molar-refractivity contribution < 1.29 is 14.3 Å². The van der Waals surface area contributed by atoms with Crippen LogP contribution in [0.4, 0.5) is 4.79 Å². The second kappa shape index (κ2) is 3.98. The molecule has 0 aromatic heterocycles. The first kappa shape index (κ1) is 10.1. The van der Waals surface area contributed by atoms with Crippen LogP contribution in [0.3, 0.4) is 0 Å². The molecule has 0 N–H and O–H groups in total. The second-order valence-corrected chi connectivity index (χ2v) is 4.90. The van der Waals surface area contributed by atoms with Crippen molar-refractivity contribution >= 4 is 17.9 Å². The number of rotatable bonds is 1. The molecule has 2 fully saturated rings. The van der Waals surface area contributed by atoms with Gasteiger partial charge >= 0.3 is 6.09 Å². The molecule has 5 heteroatoms. The summed E-state index contributed by atoms with van der Waals surface area (Å²) in [7, 11) is 0. The Morgan fingerprint density at radius 3 is 2.57 bits per heavy atom. The highest BCUT2D eigenvalue weighted by Crippen LogP contribution is 2.32. The van der Waals surface area contributed by atoms with Crippen molar-refractivity contribution in [3.8, 4) is 0 Å². The highest BCUT2D eigenvalue weighted by molar-refractivity contribution is 8.00. The summed E-state index contributed by atoms with van der Waals surface area (Å²) in [6.45, 7) is 4.55. The quantitative estimate of drug-likeness (QED) is 0.656. The van der Waals surface area contributed by atoms with E-state index in [1.165, 1.54) is 0 Å². The van der Waals surface area contributed by atoms with Crippen LogP contribution in [0, 0.1) is 0 Å². The molecule has 0 spiro atoms. The van der Waals surface area contributed by atoms with Crippen LogP contribution in [0.2, 0.25) is 0 Å². The SMILES string of the molecule is CC1(OC(=O)N2CCOCC2)CSC1. The van der Waals surface area contributed by atoms with Gasteiger partial charge in [-0.2, -0.15) is 11.8 Å². The number of hydrogen-bond acceptors (Lipinski definition) is 4. The van der Waals surface area contributed by atoms with Crippen molar-refractivity contribution in [3.63, 3.8) is 0 Å². The van der Waals surface area contributed by atoms with Crippen molar-refractivity contribution in [3.05, 3.63) is 0 Å². The summed E-state index contributed by atoms with van der Waals surface area (Å²) < 4.78 is 10.6. The van der Waals surface area contributed by atoms with E-state index in [0.29, 0.717) is 26.3 Å². The predicted octanol–water partition coefficient (Wildman–Crippen LogP) is 0.961. The van der Waals surface area contributed by atoms with Crippen LogP contribution >= 0.6 is 11.8 Å². The highest BCUT2D eigenvalue weighted by atomic mass is 32.2. The molecule has 2 heterocycles. The zero-order valence-electron chi connectivity index (χ0n) is 8.32. The van der Waals surface area contributed by atoms with E-state index in [4.69, 9.17) is 9.47 Å². The first-order chi connectivity index (χ1) is 6.70. The fraction of sp³-hybridized carbons (Fsp3) is 0.889. The van der Waals surface area contributed by atoms with Gasteiger partial charge in [-0.25, -0.2) is 4.79 Å². The van der Waals surface area contributed by atoms with Crippen molar-refractivity contribution in [1.29, 1.82) is 0 Å². The molecule has 80 valence electrons. The number of ether oxygens (including phenoxy) is 2. The first-order valence-corrected chi connectivity index (χ1v) is 5.98. The Morgan fingerprint density at radius 2 is 2.07 bits per heavy atom. The molecule has 0 atom stereocenters. The van der Waals surface area contributed by atoms with E-state index in [2.05, 4.69) is 0 Å². The van der Waals surface area contributed by atoms with E-state index >= 15 is 0 Å². The molecule has 4 nitrogen and oxygen atoms in total. The van der Waals surface area contributed by atoms with Crippen LogP contribution in [0.1, 0.15) is 6.92 Å². The van der Waals surface area contributed by atoms with Gasteiger partial charge < -0.3 is 14.4 Å².